The fourth-order valence-electron chi connectivity index (χ4n) is 2.85. The van der Waals surface area contributed by atoms with Gasteiger partial charge in [0.25, 0.3) is 0 Å². The van der Waals surface area contributed by atoms with E-state index in [0.717, 1.165) is 24.0 Å². The maximum Gasteiger partial charge on any atom is 0.409 e. The third-order valence-corrected chi connectivity index (χ3v) is 4.26. The average molecular weight is 322 g/mol. The Bertz CT molecular complexity index is 526. The molecule has 0 unspecified atom stereocenters. The fourth-order valence-corrected chi connectivity index (χ4v) is 2.85. The van der Waals surface area contributed by atoms with Crippen molar-refractivity contribution >= 4 is 6.09 Å². The van der Waals surface area contributed by atoms with Gasteiger partial charge in [-0.25, -0.2) is 9.18 Å². The molecule has 5 heteroatoms. The van der Waals surface area contributed by atoms with E-state index in [0.29, 0.717) is 38.2 Å². The van der Waals surface area contributed by atoms with Crippen LogP contribution < -0.4 is 5.32 Å². The summed E-state index contributed by atoms with van der Waals surface area (Å²) in [6.07, 6.45) is 1.56. The van der Waals surface area contributed by atoms with Gasteiger partial charge in [-0.1, -0.05) is 19.9 Å². The molecular weight excluding hydrogens is 295 g/mol. The van der Waals surface area contributed by atoms with Gasteiger partial charge < -0.3 is 15.0 Å². The lowest BCUT2D eigenvalue weighted by molar-refractivity contribution is 0.0950. The van der Waals surface area contributed by atoms with Gasteiger partial charge in [0.15, 0.2) is 0 Å². The number of nitrogens with zero attached hydrogens (tertiary/aromatic N) is 1. The van der Waals surface area contributed by atoms with Crippen LogP contribution in [0, 0.1) is 5.82 Å². The van der Waals surface area contributed by atoms with Crippen LogP contribution in [-0.2, 0) is 11.3 Å². The Balaban J connectivity index is 1.83. The first-order valence-corrected chi connectivity index (χ1v) is 8.44. The molecule has 4 nitrogen and oxygen atoms in total. The number of likely N-dealkylation sites (tertiary alicyclic amines) is 1. The van der Waals surface area contributed by atoms with E-state index < -0.39 is 0 Å². The minimum absolute atomic E-state index is 0.176. The predicted molar refractivity (Wildman–Crippen MR) is 88.9 cm³/mol. The van der Waals surface area contributed by atoms with E-state index in [1.807, 2.05) is 6.92 Å². The van der Waals surface area contributed by atoms with Gasteiger partial charge in [0.05, 0.1) is 6.61 Å². The van der Waals surface area contributed by atoms with Crippen LogP contribution in [0.25, 0.3) is 0 Å². The number of hydrogen-bond donors (Lipinski definition) is 1. The molecule has 0 radical (unpaired) electrons. The van der Waals surface area contributed by atoms with E-state index >= 15 is 0 Å². The van der Waals surface area contributed by atoms with Crippen molar-refractivity contribution in [2.24, 2.45) is 0 Å². The molecule has 1 aromatic rings. The molecule has 23 heavy (non-hydrogen) atoms. The molecule has 2 rings (SSSR count). The Hall–Kier alpha value is -1.62. The van der Waals surface area contributed by atoms with E-state index in [2.05, 4.69) is 25.2 Å². The Morgan fingerprint density at radius 2 is 2.04 bits per heavy atom. The van der Waals surface area contributed by atoms with E-state index in [-0.39, 0.29) is 11.9 Å². The number of rotatable bonds is 5. The summed E-state index contributed by atoms with van der Waals surface area (Å²) in [5.41, 5.74) is 2.00. The number of carbonyl (C=O) groups excluding carboxylic acids is 1. The minimum Gasteiger partial charge on any atom is -0.450 e. The van der Waals surface area contributed by atoms with Crippen molar-refractivity contribution in [2.45, 2.75) is 52.1 Å². The zero-order valence-electron chi connectivity index (χ0n) is 14.3. The molecule has 1 aromatic carbocycles. The number of hydrogen-bond acceptors (Lipinski definition) is 3. The Morgan fingerprint density at radius 1 is 1.35 bits per heavy atom. The van der Waals surface area contributed by atoms with Crippen LogP contribution in [0.15, 0.2) is 18.2 Å². The first-order valence-electron chi connectivity index (χ1n) is 8.44. The molecule has 0 atom stereocenters. The zero-order valence-corrected chi connectivity index (χ0v) is 14.3. The van der Waals surface area contributed by atoms with Gasteiger partial charge in [-0.05, 0) is 48.9 Å². The summed E-state index contributed by atoms with van der Waals surface area (Å²) in [6.45, 7) is 8.43. The number of ether oxygens (including phenoxy) is 1. The van der Waals surface area contributed by atoms with Crippen LogP contribution in [0.2, 0.25) is 0 Å². The lowest BCUT2D eigenvalue weighted by Crippen LogP contribution is -2.44. The fraction of sp³-hybridized carbons (Fsp3) is 0.611. The summed E-state index contributed by atoms with van der Waals surface area (Å²) in [7, 11) is 0. The van der Waals surface area contributed by atoms with Crippen molar-refractivity contribution in [2.75, 3.05) is 19.7 Å². The number of benzene rings is 1. The number of carbonyl (C=O) groups is 1. The molecule has 1 saturated heterocycles. The third-order valence-electron chi connectivity index (χ3n) is 4.26. The summed E-state index contributed by atoms with van der Waals surface area (Å²) in [4.78, 5) is 13.4. The molecule has 0 saturated carbocycles. The first-order chi connectivity index (χ1) is 11.0. The second kappa shape index (κ2) is 8.29. The lowest BCUT2D eigenvalue weighted by Gasteiger charge is -2.31. The molecule has 1 amide bonds. The summed E-state index contributed by atoms with van der Waals surface area (Å²) in [5, 5.41) is 3.48. The summed E-state index contributed by atoms with van der Waals surface area (Å²) >= 11 is 0. The van der Waals surface area contributed by atoms with Crippen molar-refractivity contribution in [3.63, 3.8) is 0 Å². The molecule has 1 aliphatic rings. The van der Waals surface area contributed by atoms with Gasteiger partial charge in [-0.15, -0.1) is 0 Å². The van der Waals surface area contributed by atoms with Crippen LogP contribution in [0.1, 0.15) is 50.7 Å². The van der Waals surface area contributed by atoms with Gasteiger partial charge in [-0.3, -0.25) is 0 Å². The second-order valence-electron chi connectivity index (χ2n) is 6.39. The van der Waals surface area contributed by atoms with Crippen LogP contribution in [0.3, 0.4) is 0 Å². The molecule has 1 N–H and O–H groups in total. The normalized spacial score (nSPS) is 16.0. The van der Waals surface area contributed by atoms with Crippen molar-refractivity contribution in [3.05, 3.63) is 35.1 Å². The summed E-state index contributed by atoms with van der Waals surface area (Å²) in [5.74, 6) is 0.141. The maximum absolute atomic E-state index is 13.7. The number of nitrogens with one attached hydrogen (secondary N) is 1. The Labute approximate surface area is 138 Å². The van der Waals surface area contributed by atoms with Gasteiger partial charge >= 0.3 is 6.09 Å². The predicted octanol–water partition coefficient (Wildman–Crippen LogP) is 3.66. The summed E-state index contributed by atoms with van der Waals surface area (Å²) in [6, 6.07) is 5.61. The van der Waals surface area contributed by atoms with Crippen molar-refractivity contribution < 1.29 is 13.9 Å². The minimum atomic E-state index is -0.224. The molecule has 1 aliphatic heterocycles. The smallest absolute Gasteiger partial charge is 0.409 e. The number of amides is 1. The Morgan fingerprint density at radius 3 is 2.65 bits per heavy atom. The molecule has 0 aromatic heterocycles. The van der Waals surface area contributed by atoms with Crippen LogP contribution in [0.4, 0.5) is 9.18 Å². The molecular formula is C18H27FN2O2. The molecule has 1 fully saturated rings. The summed E-state index contributed by atoms with van der Waals surface area (Å²) < 4.78 is 18.7. The molecule has 128 valence electrons. The maximum atomic E-state index is 13.7. The van der Waals surface area contributed by atoms with Crippen LogP contribution in [-0.4, -0.2) is 36.7 Å². The largest absolute Gasteiger partial charge is 0.450 e. The number of piperidine rings is 1. The first kappa shape index (κ1) is 17.7. The van der Waals surface area contributed by atoms with Gasteiger partial charge in [0.1, 0.15) is 5.82 Å². The highest BCUT2D eigenvalue weighted by molar-refractivity contribution is 5.67. The molecule has 0 spiro atoms. The highest BCUT2D eigenvalue weighted by atomic mass is 19.1. The molecule has 0 aliphatic carbocycles. The van der Waals surface area contributed by atoms with Gasteiger partial charge in [-0.2, -0.15) is 0 Å². The van der Waals surface area contributed by atoms with Crippen molar-refractivity contribution in [3.8, 4) is 0 Å². The van der Waals surface area contributed by atoms with Crippen LogP contribution in [0.5, 0.6) is 0 Å². The van der Waals surface area contributed by atoms with Crippen molar-refractivity contribution in [1.29, 1.82) is 0 Å². The third kappa shape index (κ3) is 5.20. The quantitative estimate of drug-likeness (QED) is 0.899. The zero-order chi connectivity index (χ0) is 16.8. The molecule has 0 bridgehead atoms. The van der Waals surface area contributed by atoms with E-state index in [4.69, 9.17) is 4.74 Å². The average Bonchev–Trinajstić information content (AvgIpc) is 2.53. The number of halogens is 1. The molecule has 1 heterocycles. The van der Waals surface area contributed by atoms with Gasteiger partial charge in [0.2, 0.25) is 0 Å². The standard InChI is InChI=1S/C18H27FN2O2/c1-4-23-18(22)21-7-5-17(6-8-21)20-12-14-9-15(13(2)3)11-16(19)10-14/h9-11,13,17,20H,4-8,12H2,1-3H3. The lowest BCUT2D eigenvalue weighted by atomic mass is 10.00. The van der Waals surface area contributed by atoms with E-state index in [1.54, 1.807) is 17.0 Å². The van der Waals surface area contributed by atoms with E-state index in [1.165, 1.54) is 0 Å². The second-order valence-corrected chi connectivity index (χ2v) is 6.39. The topological polar surface area (TPSA) is 41.6 Å². The van der Waals surface area contributed by atoms with Crippen LogP contribution >= 0.6 is 0 Å². The van der Waals surface area contributed by atoms with Crippen molar-refractivity contribution in [1.82, 2.24) is 10.2 Å². The highest BCUT2D eigenvalue weighted by Gasteiger charge is 2.23. The SMILES string of the molecule is CCOC(=O)N1CCC(NCc2cc(F)cc(C(C)C)c2)CC1. The monoisotopic (exact) mass is 322 g/mol. The van der Waals surface area contributed by atoms with Gasteiger partial charge in [0, 0.05) is 25.7 Å². The highest BCUT2D eigenvalue weighted by Crippen LogP contribution is 2.18. The Kier molecular flexibility index (Phi) is 6.39. The van der Waals surface area contributed by atoms with E-state index in [9.17, 15) is 9.18 Å².